The fraction of sp³-hybridized carbons (Fsp3) is 0.323. The van der Waals surface area contributed by atoms with Gasteiger partial charge < -0.3 is 9.64 Å². The smallest absolute Gasteiger partial charge is 0.307 e. The molecule has 1 aromatic carbocycles. The zero-order valence-corrected chi connectivity index (χ0v) is 22.9. The molecule has 0 N–H and O–H groups in total. The first kappa shape index (κ1) is 27.1. The van der Waals surface area contributed by atoms with Crippen molar-refractivity contribution in [2.24, 2.45) is 0 Å². The highest BCUT2D eigenvalue weighted by Gasteiger charge is 2.23. The number of benzene rings is 1. The van der Waals surface area contributed by atoms with E-state index in [1.54, 1.807) is 24.9 Å². The second kappa shape index (κ2) is 12.1. The molecule has 0 fully saturated rings. The lowest BCUT2D eigenvalue weighted by Crippen LogP contribution is -2.30. The molecule has 206 valence electrons. The monoisotopic (exact) mass is 539 g/mol. The van der Waals surface area contributed by atoms with E-state index < -0.39 is 0 Å². The third-order valence-corrected chi connectivity index (χ3v) is 7.20. The van der Waals surface area contributed by atoms with Gasteiger partial charge in [-0.1, -0.05) is 36.4 Å². The Balaban J connectivity index is 1.51. The molecule has 9 heteroatoms. The number of rotatable bonds is 9. The van der Waals surface area contributed by atoms with Crippen molar-refractivity contribution in [1.82, 2.24) is 24.3 Å². The number of esters is 1. The summed E-state index contributed by atoms with van der Waals surface area (Å²) in [6.07, 6.45) is 5.46. The summed E-state index contributed by atoms with van der Waals surface area (Å²) in [6.45, 7) is 2.35. The molecule has 0 radical (unpaired) electrons. The molecule has 0 spiro atoms. The summed E-state index contributed by atoms with van der Waals surface area (Å²) in [5, 5.41) is 9.70. The SMILES string of the molecule is CCOC(=O)CCN(C)C(=O)CC1=C(n2nc(-c3c(-c4ccccc4)nn4ccccc34)ccc2=O)CCCC1. The topological polar surface area (TPSA) is 98.8 Å². The maximum Gasteiger partial charge on any atom is 0.307 e. The van der Waals surface area contributed by atoms with Gasteiger partial charge in [0, 0.05) is 43.5 Å². The minimum atomic E-state index is -0.324. The maximum atomic E-state index is 13.2. The van der Waals surface area contributed by atoms with Crippen LogP contribution in [0.5, 0.6) is 0 Å². The van der Waals surface area contributed by atoms with E-state index in [0.29, 0.717) is 18.7 Å². The summed E-state index contributed by atoms with van der Waals surface area (Å²) in [5.74, 6) is -0.424. The summed E-state index contributed by atoms with van der Waals surface area (Å²) < 4.78 is 8.27. The molecule has 4 aromatic rings. The Kier molecular flexibility index (Phi) is 8.19. The molecule has 0 saturated carbocycles. The molecule has 1 aliphatic carbocycles. The lowest BCUT2D eigenvalue weighted by atomic mass is 9.93. The Morgan fingerprint density at radius 2 is 1.75 bits per heavy atom. The van der Waals surface area contributed by atoms with Gasteiger partial charge in [-0.25, -0.2) is 9.20 Å². The number of ether oxygens (including phenoxy) is 1. The summed E-state index contributed by atoms with van der Waals surface area (Å²) >= 11 is 0. The zero-order chi connectivity index (χ0) is 28.1. The molecule has 1 aliphatic rings. The Morgan fingerprint density at radius 3 is 2.55 bits per heavy atom. The van der Waals surface area contributed by atoms with Gasteiger partial charge in [-0.2, -0.15) is 10.2 Å². The van der Waals surface area contributed by atoms with Gasteiger partial charge in [0.05, 0.1) is 29.8 Å². The zero-order valence-electron chi connectivity index (χ0n) is 22.9. The van der Waals surface area contributed by atoms with Crippen LogP contribution in [0.15, 0.2) is 77.2 Å². The normalized spacial score (nSPS) is 13.4. The Morgan fingerprint density at radius 1 is 0.975 bits per heavy atom. The van der Waals surface area contributed by atoms with Crippen molar-refractivity contribution in [2.75, 3.05) is 20.2 Å². The molecule has 0 aliphatic heterocycles. The number of aromatic nitrogens is 4. The van der Waals surface area contributed by atoms with Gasteiger partial charge in [-0.05, 0) is 56.4 Å². The standard InChI is InChI=1S/C31H33N5O4/c1-3-40-29(39)18-20-34(2)28(38)21-23-13-7-8-14-25(23)36-27(37)17-16-24(32-36)30-26-15-9-10-19-35(26)33-31(30)22-11-5-4-6-12-22/h4-6,9-12,15-17,19H,3,7-8,13-14,18,20-21H2,1-2H3. The van der Waals surface area contributed by atoms with Gasteiger partial charge in [0.25, 0.3) is 5.56 Å². The molecule has 0 unspecified atom stereocenters. The van der Waals surface area contributed by atoms with E-state index in [-0.39, 0.29) is 36.8 Å². The first-order valence-electron chi connectivity index (χ1n) is 13.7. The average molecular weight is 540 g/mol. The molecular weight excluding hydrogens is 506 g/mol. The van der Waals surface area contributed by atoms with E-state index in [4.69, 9.17) is 14.9 Å². The fourth-order valence-corrected chi connectivity index (χ4v) is 5.12. The van der Waals surface area contributed by atoms with Gasteiger partial charge in [-0.15, -0.1) is 0 Å². The molecule has 0 saturated heterocycles. The number of hydrogen-bond donors (Lipinski definition) is 0. The van der Waals surface area contributed by atoms with E-state index >= 15 is 0 Å². The lowest BCUT2D eigenvalue weighted by molar-refractivity contribution is -0.143. The van der Waals surface area contributed by atoms with Crippen molar-refractivity contribution in [3.8, 4) is 22.5 Å². The summed E-state index contributed by atoms with van der Waals surface area (Å²) in [7, 11) is 1.69. The van der Waals surface area contributed by atoms with Crippen LogP contribution in [0.3, 0.4) is 0 Å². The van der Waals surface area contributed by atoms with Crippen LogP contribution in [0.4, 0.5) is 0 Å². The number of fused-ring (bicyclic) bond motifs is 1. The second-order valence-electron chi connectivity index (χ2n) is 9.89. The van der Waals surface area contributed by atoms with Crippen molar-refractivity contribution in [3.05, 3.63) is 82.8 Å². The van der Waals surface area contributed by atoms with Crippen LogP contribution in [-0.2, 0) is 14.3 Å². The van der Waals surface area contributed by atoms with E-state index in [2.05, 4.69) is 0 Å². The van der Waals surface area contributed by atoms with Gasteiger partial charge in [-0.3, -0.25) is 14.4 Å². The highest BCUT2D eigenvalue weighted by atomic mass is 16.5. The molecule has 3 aromatic heterocycles. The van der Waals surface area contributed by atoms with Crippen LogP contribution < -0.4 is 5.56 Å². The van der Waals surface area contributed by atoms with Crippen LogP contribution >= 0.6 is 0 Å². The predicted molar refractivity (Wildman–Crippen MR) is 153 cm³/mol. The number of amides is 1. The third kappa shape index (κ3) is 5.73. The number of hydrogen-bond acceptors (Lipinski definition) is 6. The van der Waals surface area contributed by atoms with Gasteiger partial charge in [0.15, 0.2) is 0 Å². The molecular formula is C31H33N5O4. The van der Waals surface area contributed by atoms with Crippen LogP contribution in [-0.4, -0.2) is 56.4 Å². The largest absolute Gasteiger partial charge is 0.466 e. The van der Waals surface area contributed by atoms with Crippen LogP contribution in [0.25, 0.3) is 33.7 Å². The van der Waals surface area contributed by atoms with E-state index in [1.807, 2.05) is 59.2 Å². The van der Waals surface area contributed by atoms with Gasteiger partial charge in [0.2, 0.25) is 5.91 Å². The molecule has 9 nitrogen and oxygen atoms in total. The van der Waals surface area contributed by atoms with Crippen molar-refractivity contribution in [1.29, 1.82) is 0 Å². The number of allylic oxidation sites excluding steroid dienone is 1. The lowest BCUT2D eigenvalue weighted by Gasteiger charge is -2.23. The van der Waals surface area contributed by atoms with E-state index in [0.717, 1.165) is 52.9 Å². The van der Waals surface area contributed by atoms with Crippen molar-refractivity contribution in [3.63, 3.8) is 0 Å². The number of nitrogens with zero attached hydrogens (tertiary/aromatic N) is 5. The van der Waals surface area contributed by atoms with Gasteiger partial charge in [0.1, 0.15) is 5.69 Å². The van der Waals surface area contributed by atoms with E-state index in [9.17, 15) is 14.4 Å². The van der Waals surface area contributed by atoms with Crippen molar-refractivity contribution < 1.29 is 14.3 Å². The number of carbonyl (C=O) groups excluding carboxylic acids is 2. The minimum Gasteiger partial charge on any atom is -0.466 e. The molecule has 0 atom stereocenters. The highest BCUT2D eigenvalue weighted by Crippen LogP contribution is 2.35. The molecule has 1 amide bonds. The average Bonchev–Trinajstić information content (AvgIpc) is 3.37. The molecule has 0 bridgehead atoms. The Bertz CT molecular complexity index is 1620. The fourth-order valence-electron chi connectivity index (χ4n) is 5.12. The number of pyridine rings is 1. The first-order chi connectivity index (χ1) is 19.5. The first-order valence-corrected chi connectivity index (χ1v) is 13.7. The highest BCUT2D eigenvalue weighted by molar-refractivity contribution is 5.90. The maximum absolute atomic E-state index is 13.2. The Hall–Kier alpha value is -4.53. The molecule has 5 rings (SSSR count). The third-order valence-electron chi connectivity index (χ3n) is 7.20. The van der Waals surface area contributed by atoms with Crippen LogP contribution in [0.2, 0.25) is 0 Å². The predicted octanol–water partition coefficient (Wildman–Crippen LogP) is 4.81. The van der Waals surface area contributed by atoms with E-state index in [1.165, 1.54) is 10.7 Å². The van der Waals surface area contributed by atoms with Crippen molar-refractivity contribution in [2.45, 2.75) is 45.4 Å². The Labute approximate surface area is 232 Å². The second-order valence-corrected chi connectivity index (χ2v) is 9.89. The quantitative estimate of drug-likeness (QED) is 0.283. The van der Waals surface area contributed by atoms with Crippen molar-refractivity contribution >= 4 is 23.1 Å². The summed E-state index contributed by atoms with van der Waals surface area (Å²) in [4.78, 5) is 39.5. The molecule has 3 heterocycles. The molecule has 40 heavy (non-hydrogen) atoms. The summed E-state index contributed by atoms with van der Waals surface area (Å²) in [5.41, 5.74) is 5.55. The van der Waals surface area contributed by atoms with Crippen LogP contribution in [0, 0.1) is 0 Å². The summed E-state index contributed by atoms with van der Waals surface area (Å²) in [6, 6.07) is 19.1. The minimum absolute atomic E-state index is 0.100. The number of carbonyl (C=O) groups is 2. The van der Waals surface area contributed by atoms with Crippen LogP contribution in [0.1, 0.15) is 45.4 Å². The van der Waals surface area contributed by atoms with Gasteiger partial charge >= 0.3 is 5.97 Å².